The molecular formula is C18H19F2NO4. The molecule has 0 saturated heterocycles. The van der Waals surface area contributed by atoms with Crippen LogP contribution < -0.4 is 24.7 Å². The van der Waals surface area contributed by atoms with Crippen molar-refractivity contribution in [1.82, 2.24) is 0 Å². The van der Waals surface area contributed by atoms with E-state index in [-0.39, 0.29) is 34.1 Å². The van der Waals surface area contributed by atoms with Crippen molar-refractivity contribution in [3.05, 3.63) is 41.5 Å². The first kappa shape index (κ1) is 18.4. The molecule has 2 aromatic rings. The molecule has 0 saturated carbocycles. The lowest BCUT2D eigenvalue weighted by molar-refractivity contribution is 0.324. The van der Waals surface area contributed by atoms with Gasteiger partial charge in [0.1, 0.15) is 5.75 Å². The predicted molar refractivity (Wildman–Crippen MR) is 92.5 cm³/mol. The number of hydrogen-bond acceptors (Lipinski definition) is 5. The molecule has 0 heterocycles. The van der Waals surface area contributed by atoms with Crippen molar-refractivity contribution in [2.24, 2.45) is 0 Å². The van der Waals surface area contributed by atoms with Crippen LogP contribution in [0.3, 0.4) is 0 Å². The molecule has 134 valence electrons. The molecule has 0 amide bonds. The summed E-state index contributed by atoms with van der Waals surface area (Å²) in [5, 5.41) is 0. The van der Waals surface area contributed by atoms with Crippen molar-refractivity contribution in [2.45, 2.75) is 0 Å². The maximum Gasteiger partial charge on any atom is 0.203 e. The topological polar surface area (TPSA) is 62.9 Å². The van der Waals surface area contributed by atoms with Crippen LogP contribution in [0.5, 0.6) is 23.0 Å². The number of nitrogen functional groups attached to an aromatic ring is 1. The Morgan fingerprint density at radius 2 is 1.24 bits per heavy atom. The van der Waals surface area contributed by atoms with Gasteiger partial charge in [0.2, 0.25) is 5.75 Å². The third kappa shape index (κ3) is 3.60. The van der Waals surface area contributed by atoms with Gasteiger partial charge < -0.3 is 24.7 Å². The standard InChI is InChI=1S/C18H19F2NO4/c1-22-13-6-5-10(7-12(13)21)16(19)17(20)11-8-14(23-2)18(25-4)15(9-11)24-3/h5-9H,21H2,1-4H3/b17-16+. The Labute approximate surface area is 144 Å². The molecule has 7 heteroatoms. The van der Waals surface area contributed by atoms with Crippen LogP contribution in [0.25, 0.3) is 11.7 Å². The number of methoxy groups -OCH3 is 4. The summed E-state index contributed by atoms with van der Waals surface area (Å²) in [6.07, 6.45) is 0. The summed E-state index contributed by atoms with van der Waals surface area (Å²) >= 11 is 0. The number of rotatable bonds is 6. The zero-order valence-corrected chi connectivity index (χ0v) is 14.4. The molecule has 5 nitrogen and oxygen atoms in total. The van der Waals surface area contributed by atoms with Crippen molar-refractivity contribution in [2.75, 3.05) is 34.2 Å². The second kappa shape index (κ2) is 7.74. The van der Waals surface area contributed by atoms with Gasteiger partial charge in [-0.25, -0.2) is 8.78 Å². The smallest absolute Gasteiger partial charge is 0.203 e. The number of ether oxygens (including phenoxy) is 4. The maximum absolute atomic E-state index is 14.7. The van der Waals surface area contributed by atoms with E-state index in [1.807, 2.05) is 0 Å². The summed E-state index contributed by atoms with van der Waals surface area (Å²) in [7, 11) is 5.65. The van der Waals surface area contributed by atoms with Gasteiger partial charge in [0.15, 0.2) is 23.2 Å². The molecule has 0 unspecified atom stereocenters. The number of nitrogens with two attached hydrogens (primary N) is 1. The Bertz CT molecular complexity index is 781. The van der Waals surface area contributed by atoms with E-state index in [2.05, 4.69) is 0 Å². The van der Waals surface area contributed by atoms with Gasteiger partial charge in [-0.2, -0.15) is 0 Å². The van der Waals surface area contributed by atoms with Gasteiger partial charge in [-0.1, -0.05) is 0 Å². The van der Waals surface area contributed by atoms with Gasteiger partial charge in [-0.15, -0.1) is 0 Å². The zero-order chi connectivity index (χ0) is 18.6. The Morgan fingerprint density at radius 1 is 0.720 bits per heavy atom. The van der Waals surface area contributed by atoms with Crippen molar-refractivity contribution < 1.29 is 27.7 Å². The molecule has 25 heavy (non-hydrogen) atoms. The Morgan fingerprint density at radius 3 is 1.68 bits per heavy atom. The monoisotopic (exact) mass is 351 g/mol. The second-order valence-corrected chi connectivity index (χ2v) is 5.00. The molecular weight excluding hydrogens is 332 g/mol. The largest absolute Gasteiger partial charge is 0.495 e. The molecule has 0 atom stereocenters. The van der Waals surface area contributed by atoms with Gasteiger partial charge >= 0.3 is 0 Å². The van der Waals surface area contributed by atoms with Crippen LogP contribution in [0.4, 0.5) is 14.5 Å². The molecule has 0 radical (unpaired) electrons. The fourth-order valence-electron chi connectivity index (χ4n) is 2.33. The van der Waals surface area contributed by atoms with Gasteiger partial charge in [0.25, 0.3) is 0 Å². The SMILES string of the molecule is COc1ccc(/C(F)=C(\F)c2cc(OC)c(OC)c(OC)c2)cc1N. The van der Waals surface area contributed by atoms with E-state index in [9.17, 15) is 8.78 Å². The highest BCUT2D eigenvalue weighted by atomic mass is 19.2. The molecule has 2 rings (SSSR count). The third-order valence-electron chi connectivity index (χ3n) is 3.59. The average molecular weight is 351 g/mol. The molecule has 0 spiro atoms. The first-order chi connectivity index (χ1) is 12.0. The van der Waals surface area contributed by atoms with Gasteiger partial charge in [0.05, 0.1) is 34.1 Å². The van der Waals surface area contributed by atoms with Crippen LogP contribution >= 0.6 is 0 Å². The van der Waals surface area contributed by atoms with Gasteiger partial charge in [0, 0.05) is 11.1 Å². The van der Waals surface area contributed by atoms with Gasteiger partial charge in [-0.3, -0.25) is 0 Å². The third-order valence-corrected chi connectivity index (χ3v) is 3.59. The second-order valence-electron chi connectivity index (χ2n) is 5.00. The molecule has 0 aliphatic rings. The molecule has 0 aromatic heterocycles. The van der Waals surface area contributed by atoms with Crippen LogP contribution in [0, 0.1) is 0 Å². The number of hydrogen-bond donors (Lipinski definition) is 1. The van der Waals surface area contributed by atoms with E-state index >= 15 is 0 Å². The zero-order valence-electron chi connectivity index (χ0n) is 14.4. The fourth-order valence-corrected chi connectivity index (χ4v) is 2.33. The fraction of sp³-hybridized carbons (Fsp3) is 0.222. The van der Waals surface area contributed by atoms with E-state index in [0.717, 1.165) is 0 Å². The highest BCUT2D eigenvalue weighted by molar-refractivity contribution is 5.85. The number of benzene rings is 2. The summed E-state index contributed by atoms with van der Waals surface area (Å²) < 4.78 is 49.7. The summed E-state index contributed by atoms with van der Waals surface area (Å²) in [4.78, 5) is 0. The van der Waals surface area contributed by atoms with Crippen LogP contribution in [0.15, 0.2) is 30.3 Å². The quantitative estimate of drug-likeness (QED) is 0.628. The van der Waals surface area contributed by atoms with E-state index < -0.39 is 11.7 Å². The van der Waals surface area contributed by atoms with Crippen molar-refractivity contribution in [3.63, 3.8) is 0 Å². The Hall–Kier alpha value is -2.96. The van der Waals surface area contributed by atoms with Crippen LogP contribution in [-0.4, -0.2) is 28.4 Å². The highest BCUT2D eigenvalue weighted by Crippen LogP contribution is 2.42. The van der Waals surface area contributed by atoms with E-state index in [1.54, 1.807) is 0 Å². The van der Waals surface area contributed by atoms with Gasteiger partial charge in [-0.05, 0) is 30.3 Å². The summed E-state index contributed by atoms with van der Waals surface area (Å²) in [6.45, 7) is 0. The molecule has 0 aliphatic heterocycles. The van der Waals surface area contributed by atoms with E-state index in [4.69, 9.17) is 24.7 Å². The maximum atomic E-state index is 14.7. The normalized spacial score (nSPS) is 11.6. The van der Waals surface area contributed by atoms with Crippen LogP contribution in [0.1, 0.15) is 11.1 Å². The molecule has 0 aliphatic carbocycles. The van der Waals surface area contributed by atoms with E-state index in [0.29, 0.717) is 5.75 Å². The lowest BCUT2D eigenvalue weighted by Gasteiger charge is -2.14. The lowest BCUT2D eigenvalue weighted by Crippen LogP contribution is -1.97. The first-order valence-corrected chi connectivity index (χ1v) is 7.26. The summed E-state index contributed by atoms with van der Waals surface area (Å²) in [5.41, 5.74) is 5.88. The minimum Gasteiger partial charge on any atom is -0.495 e. The summed E-state index contributed by atoms with van der Waals surface area (Å²) in [5.74, 6) is -1.05. The minimum atomic E-state index is -1.08. The molecule has 2 N–H and O–H groups in total. The predicted octanol–water partition coefficient (Wildman–Crippen LogP) is 4.07. The van der Waals surface area contributed by atoms with Crippen LogP contribution in [-0.2, 0) is 0 Å². The molecule has 2 aromatic carbocycles. The van der Waals surface area contributed by atoms with E-state index in [1.165, 1.54) is 58.8 Å². The first-order valence-electron chi connectivity index (χ1n) is 7.26. The van der Waals surface area contributed by atoms with Crippen molar-refractivity contribution in [1.29, 1.82) is 0 Å². The number of halogens is 2. The number of anilines is 1. The van der Waals surface area contributed by atoms with Crippen molar-refractivity contribution in [3.8, 4) is 23.0 Å². The average Bonchev–Trinajstić information content (AvgIpc) is 2.65. The minimum absolute atomic E-state index is 0.00967. The van der Waals surface area contributed by atoms with Crippen LogP contribution in [0.2, 0.25) is 0 Å². The van der Waals surface area contributed by atoms with Crippen molar-refractivity contribution >= 4 is 17.3 Å². The molecule has 0 bridgehead atoms. The lowest BCUT2D eigenvalue weighted by atomic mass is 10.1. The molecule has 0 fully saturated rings. The summed E-state index contributed by atoms with van der Waals surface area (Å²) in [6, 6.07) is 6.78. The Kier molecular flexibility index (Phi) is 5.69. The highest BCUT2D eigenvalue weighted by Gasteiger charge is 2.19. The Balaban J connectivity index is 2.56.